The van der Waals surface area contributed by atoms with Gasteiger partial charge in [0.1, 0.15) is 5.70 Å². The number of phenols is 2. The Kier molecular flexibility index (Phi) is 6.58. The molecule has 3 aromatic carbocycles. The minimum absolute atomic E-state index is 0.0146. The van der Waals surface area contributed by atoms with E-state index >= 15 is 0 Å². The highest BCUT2D eigenvalue weighted by Crippen LogP contribution is 2.23. The molecule has 0 saturated carbocycles. The van der Waals surface area contributed by atoms with Gasteiger partial charge in [-0.05, 0) is 47.5 Å². The third-order valence-corrected chi connectivity index (χ3v) is 4.02. The smallest absolute Gasteiger partial charge is 0.287 e. The lowest BCUT2D eigenvalue weighted by Gasteiger charge is -2.09. The largest absolute Gasteiger partial charge is 0.504 e. The molecule has 0 aliphatic heterocycles. The van der Waals surface area contributed by atoms with Gasteiger partial charge in [0.15, 0.2) is 11.5 Å². The Morgan fingerprint density at radius 3 is 2.13 bits per heavy atom. The van der Waals surface area contributed by atoms with E-state index in [1.165, 1.54) is 30.5 Å². The number of nitrogens with one attached hydrogen (secondary N) is 2. The predicted molar refractivity (Wildman–Crippen MR) is 114 cm³/mol. The van der Waals surface area contributed by atoms with E-state index in [2.05, 4.69) is 15.8 Å². The van der Waals surface area contributed by atoms with Gasteiger partial charge in [-0.3, -0.25) is 9.59 Å². The molecule has 0 aliphatic rings. The van der Waals surface area contributed by atoms with Crippen LogP contribution in [0.3, 0.4) is 0 Å². The maximum absolute atomic E-state index is 12.6. The van der Waals surface area contributed by atoms with Gasteiger partial charge in [0.05, 0.1) is 6.21 Å². The summed E-state index contributed by atoms with van der Waals surface area (Å²) >= 11 is 0. The summed E-state index contributed by atoms with van der Waals surface area (Å²) in [5.41, 5.74) is 3.96. The Morgan fingerprint density at radius 2 is 1.47 bits per heavy atom. The molecule has 150 valence electrons. The third-order valence-electron chi connectivity index (χ3n) is 4.02. The van der Waals surface area contributed by atoms with Crippen LogP contribution in [-0.2, 0) is 4.79 Å². The lowest BCUT2D eigenvalue weighted by molar-refractivity contribution is -0.117. The highest BCUT2D eigenvalue weighted by atomic mass is 16.3. The van der Waals surface area contributed by atoms with Crippen molar-refractivity contribution in [3.63, 3.8) is 0 Å². The molecular weight excluding hydrogens is 382 g/mol. The number of hydrogen-bond donors (Lipinski definition) is 4. The second-order valence-electron chi connectivity index (χ2n) is 6.24. The number of amides is 2. The number of phenolic OH excluding ortho intramolecular Hbond substituents is 2. The number of rotatable bonds is 6. The summed E-state index contributed by atoms with van der Waals surface area (Å²) in [7, 11) is 0. The summed E-state index contributed by atoms with van der Waals surface area (Å²) in [4.78, 5) is 25.1. The average Bonchev–Trinajstić information content (AvgIpc) is 2.77. The van der Waals surface area contributed by atoms with Crippen LogP contribution in [0.2, 0.25) is 0 Å². The van der Waals surface area contributed by atoms with E-state index in [9.17, 15) is 19.8 Å². The van der Waals surface area contributed by atoms with E-state index in [1.807, 2.05) is 18.2 Å². The van der Waals surface area contributed by atoms with Gasteiger partial charge >= 0.3 is 0 Å². The monoisotopic (exact) mass is 401 g/mol. The maximum atomic E-state index is 12.6. The molecule has 0 fully saturated rings. The molecule has 0 bridgehead atoms. The average molecular weight is 401 g/mol. The summed E-state index contributed by atoms with van der Waals surface area (Å²) < 4.78 is 0. The lowest BCUT2D eigenvalue weighted by atomic mass is 10.1. The fourth-order valence-electron chi connectivity index (χ4n) is 2.50. The number of carbonyl (C=O) groups is 2. The Morgan fingerprint density at radius 1 is 0.800 bits per heavy atom. The van der Waals surface area contributed by atoms with Crippen molar-refractivity contribution >= 4 is 24.1 Å². The van der Waals surface area contributed by atoms with Gasteiger partial charge in [-0.15, -0.1) is 0 Å². The molecule has 0 spiro atoms. The highest BCUT2D eigenvalue weighted by molar-refractivity contribution is 6.05. The van der Waals surface area contributed by atoms with Gasteiger partial charge in [-0.25, -0.2) is 5.43 Å². The molecule has 4 N–H and O–H groups in total. The number of carbonyl (C=O) groups excluding carboxylic acids is 2. The molecule has 0 aliphatic carbocycles. The van der Waals surface area contributed by atoms with Crippen molar-refractivity contribution < 1.29 is 19.8 Å². The first kappa shape index (κ1) is 20.3. The van der Waals surface area contributed by atoms with Crippen molar-refractivity contribution in [2.45, 2.75) is 0 Å². The quantitative estimate of drug-likeness (QED) is 0.220. The van der Waals surface area contributed by atoms with E-state index in [4.69, 9.17) is 0 Å². The minimum atomic E-state index is -0.623. The van der Waals surface area contributed by atoms with Gasteiger partial charge in [-0.2, -0.15) is 5.10 Å². The Hall–Kier alpha value is -4.39. The molecule has 30 heavy (non-hydrogen) atoms. The van der Waals surface area contributed by atoms with Gasteiger partial charge in [0, 0.05) is 5.56 Å². The molecule has 0 saturated heterocycles. The van der Waals surface area contributed by atoms with Crippen LogP contribution < -0.4 is 10.7 Å². The number of hydrogen-bond acceptors (Lipinski definition) is 5. The van der Waals surface area contributed by atoms with Crippen molar-refractivity contribution in [3.8, 4) is 11.5 Å². The van der Waals surface area contributed by atoms with Crippen LogP contribution >= 0.6 is 0 Å². The second-order valence-corrected chi connectivity index (χ2v) is 6.24. The van der Waals surface area contributed by atoms with Gasteiger partial charge in [0.2, 0.25) is 0 Å². The summed E-state index contributed by atoms with van der Waals surface area (Å²) in [6.07, 6.45) is 2.84. The number of aromatic hydroxyl groups is 2. The maximum Gasteiger partial charge on any atom is 0.287 e. The summed E-state index contributed by atoms with van der Waals surface area (Å²) in [5.74, 6) is -1.61. The second kappa shape index (κ2) is 9.70. The zero-order chi connectivity index (χ0) is 21.3. The van der Waals surface area contributed by atoms with E-state index in [1.54, 1.807) is 42.5 Å². The van der Waals surface area contributed by atoms with Crippen molar-refractivity contribution in [2.24, 2.45) is 5.10 Å². The summed E-state index contributed by atoms with van der Waals surface area (Å²) in [6.45, 7) is 0. The zero-order valence-corrected chi connectivity index (χ0v) is 15.8. The minimum Gasteiger partial charge on any atom is -0.504 e. The van der Waals surface area contributed by atoms with Crippen molar-refractivity contribution in [2.75, 3.05) is 0 Å². The molecule has 0 heterocycles. The van der Waals surface area contributed by atoms with Crippen LogP contribution in [0.4, 0.5) is 0 Å². The molecule has 0 aromatic heterocycles. The molecule has 7 heteroatoms. The SMILES string of the molecule is O=C(N/N=C/c1ccc(O)c(O)c1)/C(=C\c1ccccc1)NC(=O)c1ccccc1. The Bertz CT molecular complexity index is 1090. The molecule has 7 nitrogen and oxygen atoms in total. The molecular formula is C23H19N3O4. The van der Waals surface area contributed by atoms with Crippen molar-refractivity contribution in [1.82, 2.24) is 10.7 Å². The molecule has 3 rings (SSSR count). The topological polar surface area (TPSA) is 111 Å². The van der Waals surface area contributed by atoms with Gasteiger partial charge < -0.3 is 15.5 Å². The number of benzene rings is 3. The first-order valence-corrected chi connectivity index (χ1v) is 9.01. The molecule has 0 atom stereocenters. The Labute approximate surface area is 173 Å². The van der Waals surface area contributed by atoms with Crippen molar-refractivity contribution in [1.29, 1.82) is 0 Å². The van der Waals surface area contributed by atoms with Gasteiger partial charge in [0.25, 0.3) is 11.8 Å². The van der Waals surface area contributed by atoms with Crippen LogP contribution in [0.25, 0.3) is 6.08 Å². The Balaban J connectivity index is 1.77. The molecule has 2 amide bonds. The van der Waals surface area contributed by atoms with Crippen LogP contribution in [0.5, 0.6) is 11.5 Å². The van der Waals surface area contributed by atoms with Crippen LogP contribution in [-0.4, -0.2) is 28.2 Å². The van der Waals surface area contributed by atoms with Crippen LogP contribution in [0.1, 0.15) is 21.5 Å². The van der Waals surface area contributed by atoms with E-state index in [-0.39, 0.29) is 17.2 Å². The van der Waals surface area contributed by atoms with E-state index in [0.717, 1.165) is 5.56 Å². The first-order chi connectivity index (χ1) is 14.5. The van der Waals surface area contributed by atoms with Gasteiger partial charge in [-0.1, -0.05) is 48.5 Å². The standard InChI is InChI=1S/C23H19N3O4/c27-20-12-11-17(14-21(20)28)15-24-26-23(30)19(13-16-7-3-1-4-8-16)25-22(29)18-9-5-2-6-10-18/h1-15,27-28H,(H,25,29)(H,26,30)/b19-13+,24-15+. The molecule has 0 radical (unpaired) electrons. The highest BCUT2D eigenvalue weighted by Gasteiger charge is 2.14. The fourth-order valence-corrected chi connectivity index (χ4v) is 2.50. The third kappa shape index (κ3) is 5.56. The van der Waals surface area contributed by atoms with Crippen LogP contribution in [0.15, 0.2) is 89.7 Å². The predicted octanol–water partition coefficient (Wildman–Crippen LogP) is 3.02. The lowest BCUT2D eigenvalue weighted by Crippen LogP contribution is -2.32. The summed E-state index contributed by atoms with van der Waals surface area (Å²) in [5, 5.41) is 25.3. The summed E-state index contributed by atoms with van der Waals surface area (Å²) in [6, 6.07) is 21.7. The number of nitrogens with zero attached hydrogens (tertiary/aromatic N) is 1. The molecule has 0 unspecified atom stereocenters. The first-order valence-electron chi connectivity index (χ1n) is 9.01. The van der Waals surface area contributed by atoms with E-state index < -0.39 is 11.8 Å². The fraction of sp³-hybridized carbons (Fsp3) is 0. The molecule has 3 aromatic rings. The van der Waals surface area contributed by atoms with Crippen LogP contribution in [0, 0.1) is 0 Å². The normalized spacial score (nSPS) is 11.3. The van der Waals surface area contributed by atoms with Crippen molar-refractivity contribution in [3.05, 3.63) is 101 Å². The van der Waals surface area contributed by atoms with E-state index in [0.29, 0.717) is 11.1 Å². The zero-order valence-electron chi connectivity index (χ0n) is 15.8. The number of hydrazone groups is 1.